The Hall–Kier alpha value is -2.47. The normalized spacial score (nSPS) is 18.1. The van der Waals surface area contributed by atoms with Crippen molar-refractivity contribution < 1.29 is 9.52 Å². The molecule has 0 unspecified atom stereocenters. The molecule has 3 aromatic rings. The van der Waals surface area contributed by atoms with Gasteiger partial charge in [-0.15, -0.1) is 0 Å². The van der Waals surface area contributed by atoms with Crippen LogP contribution >= 0.6 is 11.8 Å². The number of nitrogens with one attached hydrogen (secondary N) is 1. The van der Waals surface area contributed by atoms with Crippen LogP contribution in [0.15, 0.2) is 50.7 Å². The van der Waals surface area contributed by atoms with Crippen LogP contribution < -0.4 is 5.63 Å². The van der Waals surface area contributed by atoms with Crippen molar-refractivity contribution in [1.82, 2.24) is 4.98 Å². The van der Waals surface area contributed by atoms with Crippen molar-refractivity contribution in [3.8, 4) is 5.75 Å². The molecular formula is C19H18N2O3S. The number of benzene rings is 1. The van der Waals surface area contributed by atoms with Crippen LogP contribution in [0.3, 0.4) is 0 Å². The maximum absolute atomic E-state index is 12.3. The largest absolute Gasteiger partial charge is 0.507 e. The maximum atomic E-state index is 12.3. The number of aromatic nitrogens is 1. The third-order valence-electron chi connectivity index (χ3n) is 4.40. The highest BCUT2D eigenvalue weighted by Gasteiger charge is 2.25. The third-order valence-corrected chi connectivity index (χ3v) is 5.64. The third kappa shape index (κ3) is 2.98. The van der Waals surface area contributed by atoms with E-state index in [1.807, 2.05) is 30.1 Å². The van der Waals surface area contributed by atoms with Crippen molar-refractivity contribution in [2.24, 2.45) is 4.99 Å². The summed E-state index contributed by atoms with van der Waals surface area (Å²) in [5, 5.41) is 11.6. The molecule has 0 spiro atoms. The van der Waals surface area contributed by atoms with Gasteiger partial charge in [-0.05, 0) is 18.6 Å². The summed E-state index contributed by atoms with van der Waals surface area (Å²) in [5.74, 6) is 1.20. The maximum Gasteiger partial charge on any atom is 0.348 e. The molecule has 0 radical (unpaired) electrons. The Labute approximate surface area is 148 Å². The first-order valence-electron chi connectivity index (χ1n) is 8.18. The zero-order valence-corrected chi connectivity index (χ0v) is 14.6. The minimum atomic E-state index is -0.527. The second-order valence-corrected chi connectivity index (χ2v) is 7.40. The van der Waals surface area contributed by atoms with E-state index in [0.717, 1.165) is 11.3 Å². The van der Waals surface area contributed by atoms with Gasteiger partial charge in [0.05, 0.1) is 5.71 Å². The summed E-state index contributed by atoms with van der Waals surface area (Å²) in [7, 11) is 0. The Morgan fingerprint density at radius 3 is 3.04 bits per heavy atom. The van der Waals surface area contributed by atoms with Gasteiger partial charge in [0.25, 0.3) is 0 Å². The van der Waals surface area contributed by atoms with Crippen molar-refractivity contribution in [3.05, 3.63) is 63.8 Å². The van der Waals surface area contributed by atoms with E-state index >= 15 is 0 Å². The smallest absolute Gasteiger partial charge is 0.348 e. The lowest BCUT2D eigenvalue weighted by Crippen LogP contribution is -2.17. The lowest BCUT2D eigenvalue weighted by molar-refractivity contribution is 0.432. The van der Waals surface area contributed by atoms with Crippen molar-refractivity contribution in [1.29, 1.82) is 0 Å². The molecule has 5 nitrogen and oxygen atoms in total. The first-order valence-corrected chi connectivity index (χ1v) is 9.23. The van der Waals surface area contributed by atoms with E-state index < -0.39 is 5.63 Å². The molecule has 0 saturated heterocycles. The molecule has 0 fully saturated rings. The van der Waals surface area contributed by atoms with Gasteiger partial charge in [0.1, 0.15) is 17.1 Å². The van der Waals surface area contributed by atoms with Gasteiger partial charge in [-0.1, -0.05) is 18.2 Å². The number of thioether (sulfide) groups is 1. The molecule has 2 aromatic heterocycles. The number of para-hydroxylation sites is 1. The Bertz CT molecular complexity index is 1020. The minimum absolute atomic E-state index is 0.0583. The van der Waals surface area contributed by atoms with Gasteiger partial charge >= 0.3 is 5.63 Å². The molecular weight excluding hydrogens is 336 g/mol. The van der Waals surface area contributed by atoms with Crippen molar-refractivity contribution >= 4 is 28.4 Å². The molecule has 6 heteroatoms. The number of fused-ring (bicyclic) bond motifs is 1. The average molecular weight is 354 g/mol. The Balaban J connectivity index is 1.75. The van der Waals surface area contributed by atoms with E-state index in [1.165, 1.54) is 17.0 Å². The molecule has 0 amide bonds. The Morgan fingerprint density at radius 2 is 2.20 bits per heavy atom. The van der Waals surface area contributed by atoms with Crippen LogP contribution in [0.25, 0.3) is 10.9 Å². The van der Waals surface area contributed by atoms with E-state index in [1.54, 1.807) is 6.92 Å². The second-order valence-electron chi connectivity index (χ2n) is 6.09. The van der Waals surface area contributed by atoms with Crippen LogP contribution in [0.4, 0.5) is 0 Å². The van der Waals surface area contributed by atoms with Crippen LogP contribution in [0.1, 0.15) is 28.6 Å². The molecule has 1 aliphatic rings. The zero-order chi connectivity index (χ0) is 17.4. The molecule has 1 aliphatic heterocycles. The summed E-state index contributed by atoms with van der Waals surface area (Å²) in [4.78, 5) is 20.1. The van der Waals surface area contributed by atoms with Gasteiger partial charge in [-0.3, -0.25) is 4.99 Å². The lowest BCUT2D eigenvalue weighted by Gasteiger charge is -2.15. The van der Waals surface area contributed by atoms with E-state index in [4.69, 9.17) is 4.42 Å². The molecule has 1 atom stereocenters. The van der Waals surface area contributed by atoms with Crippen molar-refractivity contribution in [2.75, 3.05) is 12.3 Å². The van der Waals surface area contributed by atoms with Gasteiger partial charge in [0, 0.05) is 47.1 Å². The number of H-pyrrole nitrogens is 1. The van der Waals surface area contributed by atoms with E-state index in [2.05, 4.69) is 22.1 Å². The standard InChI is InChI=1S/C19H18N2O3S/c1-11-8-16(22)18(19(23)24-11)15-9-17(25-7-6-20-15)13-10-21-14-5-3-2-4-12(13)14/h2-5,8,10,17,21-22H,6-7,9H2,1H3/t17-/m1/s1. The average Bonchev–Trinajstić information content (AvgIpc) is 2.86. The molecule has 25 heavy (non-hydrogen) atoms. The van der Waals surface area contributed by atoms with Crippen LogP contribution in [0, 0.1) is 6.92 Å². The first-order chi connectivity index (χ1) is 12.1. The summed E-state index contributed by atoms with van der Waals surface area (Å²) < 4.78 is 5.17. The van der Waals surface area contributed by atoms with E-state index in [0.29, 0.717) is 24.4 Å². The van der Waals surface area contributed by atoms with Gasteiger partial charge in [-0.2, -0.15) is 11.8 Å². The molecule has 3 heterocycles. The fourth-order valence-electron chi connectivity index (χ4n) is 3.28. The van der Waals surface area contributed by atoms with Crippen LogP contribution in [-0.2, 0) is 0 Å². The molecule has 1 aromatic carbocycles. The van der Waals surface area contributed by atoms with E-state index in [9.17, 15) is 9.90 Å². The molecule has 0 aliphatic carbocycles. The number of hydrogen-bond acceptors (Lipinski definition) is 5. The highest BCUT2D eigenvalue weighted by atomic mass is 32.2. The lowest BCUT2D eigenvalue weighted by atomic mass is 10.0. The molecule has 2 N–H and O–H groups in total. The monoisotopic (exact) mass is 354 g/mol. The minimum Gasteiger partial charge on any atom is -0.507 e. The first kappa shape index (κ1) is 16.0. The predicted octanol–water partition coefficient (Wildman–Crippen LogP) is 3.80. The Morgan fingerprint density at radius 1 is 1.36 bits per heavy atom. The van der Waals surface area contributed by atoms with Gasteiger partial charge in [0.2, 0.25) is 0 Å². The summed E-state index contributed by atoms with van der Waals surface area (Å²) in [5.41, 5.74) is 2.58. The molecule has 4 rings (SSSR count). The number of nitrogens with zero attached hydrogens (tertiary/aromatic N) is 1. The van der Waals surface area contributed by atoms with Gasteiger partial charge in [0.15, 0.2) is 0 Å². The fraction of sp³-hybridized carbons (Fsp3) is 0.263. The summed E-state index contributed by atoms with van der Waals surface area (Å²) >= 11 is 1.82. The highest BCUT2D eigenvalue weighted by molar-refractivity contribution is 7.99. The number of hydrogen-bond donors (Lipinski definition) is 2. The number of aliphatic imine (C=N–C) groups is 1. The quantitative estimate of drug-likeness (QED) is 0.734. The van der Waals surface area contributed by atoms with Crippen LogP contribution in [-0.4, -0.2) is 28.1 Å². The van der Waals surface area contributed by atoms with Gasteiger partial charge in [-0.25, -0.2) is 4.79 Å². The zero-order valence-electron chi connectivity index (χ0n) is 13.8. The Kier molecular flexibility index (Phi) is 4.13. The summed E-state index contributed by atoms with van der Waals surface area (Å²) in [6.45, 7) is 2.26. The number of aromatic amines is 1. The number of rotatable bonds is 2. The predicted molar refractivity (Wildman–Crippen MR) is 101 cm³/mol. The number of aryl methyl sites for hydroxylation is 1. The SMILES string of the molecule is Cc1cc(O)c(C2=NCCS[C@@H](c3c[nH]c4ccccc34)C2)c(=O)o1. The highest BCUT2D eigenvalue weighted by Crippen LogP contribution is 2.39. The molecule has 0 saturated carbocycles. The molecule has 0 bridgehead atoms. The number of aromatic hydroxyl groups is 1. The van der Waals surface area contributed by atoms with Gasteiger partial charge < -0.3 is 14.5 Å². The van der Waals surface area contributed by atoms with Crippen molar-refractivity contribution in [2.45, 2.75) is 18.6 Å². The fourth-order valence-corrected chi connectivity index (χ4v) is 4.41. The van der Waals surface area contributed by atoms with Crippen molar-refractivity contribution in [3.63, 3.8) is 0 Å². The molecule has 128 valence electrons. The van der Waals surface area contributed by atoms with Crippen LogP contribution in [0.2, 0.25) is 0 Å². The summed E-state index contributed by atoms with van der Waals surface area (Å²) in [6, 6.07) is 9.65. The second kappa shape index (κ2) is 6.44. The van der Waals surface area contributed by atoms with E-state index in [-0.39, 0.29) is 16.6 Å². The summed E-state index contributed by atoms with van der Waals surface area (Å²) in [6.07, 6.45) is 2.61. The topological polar surface area (TPSA) is 78.6 Å². The van der Waals surface area contributed by atoms with Crippen LogP contribution in [0.5, 0.6) is 5.75 Å².